The van der Waals surface area contributed by atoms with Crippen molar-refractivity contribution in [3.63, 3.8) is 0 Å². The van der Waals surface area contributed by atoms with E-state index in [2.05, 4.69) is 11.1 Å². The summed E-state index contributed by atoms with van der Waals surface area (Å²) in [7, 11) is 0. The molecule has 0 atom stereocenters. The second kappa shape index (κ2) is 5.37. The molecule has 104 valence electrons. The molecule has 0 fully saturated rings. The molecule has 0 unspecified atom stereocenters. The number of aromatic carboxylic acids is 1. The molecule has 0 aliphatic rings. The average Bonchev–Trinajstić information content (AvgIpc) is 2.51. The number of rotatable bonds is 3. The van der Waals surface area contributed by atoms with Crippen LogP contribution in [0.25, 0.3) is 10.8 Å². The van der Waals surface area contributed by atoms with Gasteiger partial charge in [-0.25, -0.2) is 4.79 Å². The molecule has 0 bridgehead atoms. The van der Waals surface area contributed by atoms with Gasteiger partial charge in [-0.15, -0.1) is 0 Å². The topological polar surface area (TPSA) is 50.2 Å². The molecule has 1 heterocycles. The Labute approximate surface area is 122 Å². The highest BCUT2D eigenvalue weighted by atomic mass is 16.4. The molecule has 3 heteroatoms. The zero-order valence-corrected chi connectivity index (χ0v) is 11.7. The summed E-state index contributed by atoms with van der Waals surface area (Å²) in [6, 6.07) is 13.4. The monoisotopic (exact) mass is 277 g/mol. The fraction of sp³-hybridized carbons (Fsp3) is 0.111. The second-order valence-electron chi connectivity index (χ2n) is 5.13. The highest BCUT2D eigenvalue weighted by Gasteiger charge is 2.08. The van der Waals surface area contributed by atoms with E-state index in [1.54, 1.807) is 18.3 Å². The minimum absolute atomic E-state index is 0.323. The molecular formula is C18H15NO2. The summed E-state index contributed by atoms with van der Waals surface area (Å²) in [5.74, 6) is -0.894. The first-order chi connectivity index (χ1) is 10.1. The zero-order valence-electron chi connectivity index (χ0n) is 11.7. The van der Waals surface area contributed by atoms with Crippen LogP contribution in [0.4, 0.5) is 0 Å². The van der Waals surface area contributed by atoms with E-state index in [0.717, 1.165) is 28.3 Å². The van der Waals surface area contributed by atoms with Gasteiger partial charge < -0.3 is 5.11 Å². The first-order valence-electron chi connectivity index (χ1n) is 6.79. The summed E-state index contributed by atoms with van der Waals surface area (Å²) in [4.78, 5) is 15.3. The molecule has 21 heavy (non-hydrogen) atoms. The number of carboxylic acid groups (broad SMARTS) is 1. The van der Waals surface area contributed by atoms with Crippen LogP contribution in [-0.4, -0.2) is 16.1 Å². The minimum atomic E-state index is -0.894. The van der Waals surface area contributed by atoms with Gasteiger partial charge in [-0.05, 0) is 59.0 Å². The van der Waals surface area contributed by atoms with Gasteiger partial charge in [0.2, 0.25) is 0 Å². The Hall–Kier alpha value is -2.68. The van der Waals surface area contributed by atoms with E-state index in [9.17, 15) is 4.79 Å². The van der Waals surface area contributed by atoms with Gasteiger partial charge >= 0.3 is 5.97 Å². The predicted molar refractivity (Wildman–Crippen MR) is 82.7 cm³/mol. The number of pyridine rings is 1. The zero-order chi connectivity index (χ0) is 14.8. The van der Waals surface area contributed by atoms with Crippen molar-refractivity contribution in [3.8, 4) is 0 Å². The smallest absolute Gasteiger partial charge is 0.335 e. The van der Waals surface area contributed by atoms with E-state index in [0.29, 0.717) is 5.56 Å². The second-order valence-corrected chi connectivity index (χ2v) is 5.13. The number of aryl methyl sites for hydroxylation is 1. The SMILES string of the molecule is Cc1c(Cc2cccnc2)ccc2ccc(C(=O)O)cc12. The quantitative estimate of drug-likeness (QED) is 0.791. The Kier molecular flexibility index (Phi) is 3.40. The number of hydrogen-bond acceptors (Lipinski definition) is 2. The van der Waals surface area contributed by atoms with Crippen LogP contribution in [0.2, 0.25) is 0 Å². The molecule has 0 spiro atoms. The lowest BCUT2D eigenvalue weighted by Crippen LogP contribution is -1.98. The lowest BCUT2D eigenvalue weighted by atomic mass is 9.95. The number of fused-ring (bicyclic) bond motifs is 1. The molecule has 3 rings (SSSR count). The van der Waals surface area contributed by atoms with E-state index in [1.165, 1.54) is 5.56 Å². The summed E-state index contributed by atoms with van der Waals surface area (Å²) in [5, 5.41) is 11.2. The largest absolute Gasteiger partial charge is 0.478 e. The van der Waals surface area contributed by atoms with E-state index >= 15 is 0 Å². The van der Waals surface area contributed by atoms with Gasteiger partial charge in [-0.3, -0.25) is 4.98 Å². The van der Waals surface area contributed by atoms with Crippen molar-refractivity contribution in [1.29, 1.82) is 0 Å². The highest BCUT2D eigenvalue weighted by molar-refractivity contribution is 5.95. The van der Waals surface area contributed by atoms with Crippen molar-refractivity contribution < 1.29 is 9.90 Å². The van der Waals surface area contributed by atoms with Crippen molar-refractivity contribution in [2.75, 3.05) is 0 Å². The van der Waals surface area contributed by atoms with E-state index in [1.807, 2.05) is 37.4 Å². The van der Waals surface area contributed by atoms with Crippen LogP contribution >= 0.6 is 0 Å². The van der Waals surface area contributed by atoms with Crippen molar-refractivity contribution >= 4 is 16.7 Å². The van der Waals surface area contributed by atoms with Gasteiger partial charge in [0, 0.05) is 12.4 Å². The van der Waals surface area contributed by atoms with E-state index < -0.39 is 5.97 Å². The van der Waals surface area contributed by atoms with Gasteiger partial charge in [-0.1, -0.05) is 24.3 Å². The molecule has 3 nitrogen and oxygen atoms in total. The molecule has 3 aromatic rings. The van der Waals surface area contributed by atoms with Crippen molar-refractivity contribution in [1.82, 2.24) is 4.98 Å². The summed E-state index contributed by atoms with van der Waals surface area (Å²) in [6.07, 6.45) is 4.42. The molecule has 0 saturated carbocycles. The van der Waals surface area contributed by atoms with Crippen LogP contribution < -0.4 is 0 Å². The molecule has 0 radical (unpaired) electrons. The van der Waals surface area contributed by atoms with Gasteiger partial charge in [0.1, 0.15) is 0 Å². The molecular weight excluding hydrogens is 262 g/mol. The van der Waals surface area contributed by atoms with Crippen LogP contribution in [-0.2, 0) is 6.42 Å². The number of benzene rings is 2. The van der Waals surface area contributed by atoms with Gasteiger partial charge in [-0.2, -0.15) is 0 Å². The maximum Gasteiger partial charge on any atom is 0.335 e. The van der Waals surface area contributed by atoms with Crippen LogP contribution in [0.15, 0.2) is 54.9 Å². The number of carboxylic acids is 1. The standard InChI is InChI=1S/C18H15NO2/c1-12-15(9-13-3-2-8-19-11-13)6-4-14-5-7-16(18(20)21)10-17(12)14/h2-8,10-11H,9H2,1H3,(H,20,21). The third kappa shape index (κ3) is 2.63. The highest BCUT2D eigenvalue weighted by Crippen LogP contribution is 2.25. The molecule has 0 aliphatic heterocycles. The van der Waals surface area contributed by atoms with Gasteiger partial charge in [0.15, 0.2) is 0 Å². The maximum atomic E-state index is 11.1. The fourth-order valence-electron chi connectivity index (χ4n) is 2.56. The Balaban J connectivity index is 2.08. The maximum absolute atomic E-state index is 11.1. The van der Waals surface area contributed by atoms with Crippen LogP contribution in [0.5, 0.6) is 0 Å². The number of nitrogens with zero attached hydrogens (tertiary/aromatic N) is 1. The van der Waals surface area contributed by atoms with Gasteiger partial charge in [0.25, 0.3) is 0 Å². The average molecular weight is 277 g/mol. The number of carbonyl (C=O) groups is 1. The van der Waals surface area contributed by atoms with E-state index in [-0.39, 0.29) is 0 Å². The van der Waals surface area contributed by atoms with Crippen molar-refractivity contribution in [3.05, 3.63) is 77.1 Å². The summed E-state index contributed by atoms with van der Waals surface area (Å²) in [6.45, 7) is 2.04. The Morgan fingerprint density at radius 1 is 1.19 bits per heavy atom. The van der Waals surface area contributed by atoms with Crippen molar-refractivity contribution in [2.45, 2.75) is 13.3 Å². The minimum Gasteiger partial charge on any atom is -0.478 e. The van der Waals surface area contributed by atoms with Crippen LogP contribution in [0.3, 0.4) is 0 Å². The van der Waals surface area contributed by atoms with Gasteiger partial charge in [0.05, 0.1) is 5.56 Å². The first kappa shape index (κ1) is 13.3. The predicted octanol–water partition coefficient (Wildman–Crippen LogP) is 3.83. The Bertz CT molecular complexity index is 810. The van der Waals surface area contributed by atoms with E-state index in [4.69, 9.17) is 5.11 Å². The Morgan fingerprint density at radius 3 is 2.71 bits per heavy atom. The molecule has 1 N–H and O–H groups in total. The molecule has 0 aliphatic carbocycles. The third-order valence-corrected chi connectivity index (χ3v) is 3.77. The molecule has 2 aromatic carbocycles. The van der Waals surface area contributed by atoms with Crippen molar-refractivity contribution in [2.24, 2.45) is 0 Å². The Morgan fingerprint density at radius 2 is 2.00 bits per heavy atom. The normalized spacial score (nSPS) is 10.7. The summed E-state index contributed by atoms with van der Waals surface area (Å²) >= 11 is 0. The molecule has 0 amide bonds. The summed E-state index contributed by atoms with van der Waals surface area (Å²) < 4.78 is 0. The third-order valence-electron chi connectivity index (χ3n) is 3.77. The molecule has 1 aromatic heterocycles. The number of aromatic nitrogens is 1. The summed E-state index contributed by atoms with van der Waals surface area (Å²) in [5.41, 5.74) is 3.79. The lowest BCUT2D eigenvalue weighted by molar-refractivity contribution is 0.0697. The van der Waals surface area contributed by atoms with Crippen LogP contribution in [0.1, 0.15) is 27.0 Å². The molecule has 0 saturated heterocycles. The first-order valence-corrected chi connectivity index (χ1v) is 6.79. The number of hydrogen-bond donors (Lipinski definition) is 1. The lowest BCUT2D eigenvalue weighted by Gasteiger charge is -2.10. The fourth-order valence-corrected chi connectivity index (χ4v) is 2.56. The van der Waals surface area contributed by atoms with Crippen LogP contribution in [0, 0.1) is 6.92 Å².